The third-order valence-corrected chi connectivity index (χ3v) is 2.87. The van der Waals surface area contributed by atoms with Gasteiger partial charge in [0.2, 0.25) is 5.91 Å². The van der Waals surface area contributed by atoms with Gasteiger partial charge in [0.25, 0.3) is 0 Å². The van der Waals surface area contributed by atoms with E-state index in [9.17, 15) is 4.79 Å². The average molecular weight is 198 g/mol. The minimum Gasteiger partial charge on any atom is -0.342 e. The molecule has 0 spiro atoms. The van der Waals surface area contributed by atoms with Gasteiger partial charge in [-0.05, 0) is 32.7 Å². The number of likely N-dealkylation sites (N-methyl/N-ethyl adjacent to an activating group) is 1. The first-order chi connectivity index (χ1) is 6.61. The molecule has 0 aromatic rings. The van der Waals surface area contributed by atoms with Crippen molar-refractivity contribution >= 4 is 5.91 Å². The fourth-order valence-electron chi connectivity index (χ4n) is 1.32. The quantitative estimate of drug-likeness (QED) is 0.651. The van der Waals surface area contributed by atoms with Crippen LogP contribution in [0.25, 0.3) is 0 Å². The van der Waals surface area contributed by atoms with Gasteiger partial charge in [0, 0.05) is 13.1 Å². The molecule has 3 heteroatoms. The van der Waals surface area contributed by atoms with Crippen molar-refractivity contribution in [1.29, 1.82) is 0 Å². The molecule has 0 aromatic carbocycles. The van der Waals surface area contributed by atoms with Crippen molar-refractivity contribution in [2.75, 3.05) is 20.1 Å². The van der Waals surface area contributed by atoms with Gasteiger partial charge < -0.3 is 10.2 Å². The number of carbonyl (C=O) groups excluding carboxylic acids is 1. The standard InChI is InChI=1S/C11H22N2O/c1-9(2)13(3)11(14)8-12-7-6-10-4-5-10/h9-10,12H,4-8H2,1-3H3. The van der Waals surface area contributed by atoms with Crippen LogP contribution in [-0.4, -0.2) is 37.0 Å². The van der Waals surface area contributed by atoms with Crippen LogP contribution in [0, 0.1) is 5.92 Å². The van der Waals surface area contributed by atoms with Gasteiger partial charge >= 0.3 is 0 Å². The lowest BCUT2D eigenvalue weighted by Crippen LogP contribution is -2.39. The van der Waals surface area contributed by atoms with Gasteiger partial charge in [-0.1, -0.05) is 12.8 Å². The van der Waals surface area contributed by atoms with Gasteiger partial charge in [-0.25, -0.2) is 0 Å². The lowest BCUT2D eigenvalue weighted by molar-refractivity contribution is -0.130. The molecule has 0 aliphatic heterocycles. The van der Waals surface area contributed by atoms with E-state index in [0.717, 1.165) is 12.5 Å². The largest absolute Gasteiger partial charge is 0.342 e. The lowest BCUT2D eigenvalue weighted by Gasteiger charge is -2.21. The Bertz CT molecular complexity index is 188. The van der Waals surface area contributed by atoms with Crippen LogP contribution in [-0.2, 0) is 4.79 Å². The summed E-state index contributed by atoms with van der Waals surface area (Å²) in [6.45, 7) is 5.54. The third-order valence-electron chi connectivity index (χ3n) is 2.87. The highest BCUT2D eigenvalue weighted by atomic mass is 16.2. The Morgan fingerprint density at radius 2 is 2.14 bits per heavy atom. The van der Waals surface area contributed by atoms with E-state index in [4.69, 9.17) is 0 Å². The summed E-state index contributed by atoms with van der Waals surface area (Å²) >= 11 is 0. The summed E-state index contributed by atoms with van der Waals surface area (Å²) < 4.78 is 0. The average Bonchev–Trinajstić information content (AvgIpc) is 2.94. The number of nitrogens with one attached hydrogen (secondary N) is 1. The molecule has 3 nitrogen and oxygen atoms in total. The zero-order valence-corrected chi connectivity index (χ0v) is 9.55. The van der Waals surface area contributed by atoms with Crippen LogP contribution in [0.4, 0.5) is 0 Å². The fraction of sp³-hybridized carbons (Fsp3) is 0.909. The van der Waals surface area contributed by atoms with E-state index in [0.29, 0.717) is 12.6 Å². The predicted molar refractivity (Wildman–Crippen MR) is 58.1 cm³/mol. The molecule has 0 saturated heterocycles. The summed E-state index contributed by atoms with van der Waals surface area (Å²) in [5.74, 6) is 1.14. The van der Waals surface area contributed by atoms with Gasteiger partial charge in [-0.2, -0.15) is 0 Å². The molecule has 1 fully saturated rings. The number of hydrogen-bond donors (Lipinski definition) is 1. The number of nitrogens with zero attached hydrogens (tertiary/aromatic N) is 1. The van der Waals surface area contributed by atoms with Crippen molar-refractivity contribution in [3.8, 4) is 0 Å². The summed E-state index contributed by atoms with van der Waals surface area (Å²) in [6, 6.07) is 0.299. The van der Waals surface area contributed by atoms with E-state index in [1.807, 2.05) is 20.9 Å². The third kappa shape index (κ3) is 4.09. The monoisotopic (exact) mass is 198 g/mol. The molecule has 1 N–H and O–H groups in total. The van der Waals surface area contributed by atoms with E-state index < -0.39 is 0 Å². The van der Waals surface area contributed by atoms with Crippen molar-refractivity contribution in [1.82, 2.24) is 10.2 Å². The Balaban J connectivity index is 2.01. The Kier molecular flexibility index (Phi) is 4.39. The van der Waals surface area contributed by atoms with Gasteiger partial charge in [0.05, 0.1) is 6.54 Å². The predicted octanol–water partition coefficient (Wildman–Crippen LogP) is 1.24. The molecule has 82 valence electrons. The van der Waals surface area contributed by atoms with Crippen LogP contribution in [0.3, 0.4) is 0 Å². The van der Waals surface area contributed by atoms with Crippen LogP contribution < -0.4 is 5.32 Å². The second-order valence-electron chi connectivity index (χ2n) is 4.51. The zero-order chi connectivity index (χ0) is 10.6. The summed E-state index contributed by atoms with van der Waals surface area (Å²) in [6.07, 6.45) is 4.02. The van der Waals surface area contributed by atoms with Crippen LogP contribution in [0.1, 0.15) is 33.1 Å². The van der Waals surface area contributed by atoms with Crippen LogP contribution in [0.15, 0.2) is 0 Å². The maximum Gasteiger partial charge on any atom is 0.236 e. The smallest absolute Gasteiger partial charge is 0.236 e. The molecule has 1 saturated carbocycles. The molecule has 1 rings (SSSR count). The molecule has 0 aromatic heterocycles. The first kappa shape index (κ1) is 11.5. The van der Waals surface area contributed by atoms with Crippen LogP contribution in [0.2, 0.25) is 0 Å². The first-order valence-electron chi connectivity index (χ1n) is 5.57. The number of rotatable bonds is 6. The fourth-order valence-corrected chi connectivity index (χ4v) is 1.32. The van der Waals surface area contributed by atoms with E-state index in [2.05, 4.69) is 5.32 Å². The molecular formula is C11H22N2O. The normalized spacial score (nSPS) is 16.0. The zero-order valence-electron chi connectivity index (χ0n) is 9.55. The topological polar surface area (TPSA) is 32.3 Å². The molecule has 0 heterocycles. The molecule has 1 aliphatic carbocycles. The van der Waals surface area contributed by atoms with Gasteiger partial charge in [-0.15, -0.1) is 0 Å². The molecule has 1 aliphatic rings. The molecule has 1 amide bonds. The Morgan fingerprint density at radius 3 is 2.64 bits per heavy atom. The lowest BCUT2D eigenvalue weighted by atomic mass is 10.3. The minimum absolute atomic E-state index is 0.191. The van der Waals surface area contributed by atoms with Crippen molar-refractivity contribution in [3.05, 3.63) is 0 Å². The Labute approximate surface area is 86.9 Å². The van der Waals surface area contributed by atoms with Crippen molar-refractivity contribution < 1.29 is 4.79 Å². The number of hydrogen-bond acceptors (Lipinski definition) is 2. The summed E-state index contributed by atoms with van der Waals surface area (Å²) in [4.78, 5) is 13.3. The highest BCUT2D eigenvalue weighted by molar-refractivity contribution is 5.78. The highest BCUT2D eigenvalue weighted by Gasteiger charge is 2.20. The van der Waals surface area contributed by atoms with Crippen LogP contribution >= 0.6 is 0 Å². The maximum atomic E-state index is 11.5. The molecule has 0 radical (unpaired) electrons. The van der Waals surface area contributed by atoms with Crippen LogP contribution in [0.5, 0.6) is 0 Å². The van der Waals surface area contributed by atoms with E-state index >= 15 is 0 Å². The van der Waals surface area contributed by atoms with E-state index in [1.54, 1.807) is 4.90 Å². The molecule has 0 bridgehead atoms. The highest BCUT2D eigenvalue weighted by Crippen LogP contribution is 2.31. The Hall–Kier alpha value is -0.570. The van der Waals surface area contributed by atoms with E-state index in [-0.39, 0.29) is 5.91 Å². The number of carbonyl (C=O) groups is 1. The molecular weight excluding hydrogens is 176 g/mol. The summed E-state index contributed by atoms with van der Waals surface area (Å²) in [5, 5.41) is 3.20. The maximum absolute atomic E-state index is 11.5. The van der Waals surface area contributed by atoms with E-state index in [1.165, 1.54) is 19.3 Å². The summed E-state index contributed by atoms with van der Waals surface area (Å²) in [5.41, 5.74) is 0. The van der Waals surface area contributed by atoms with Gasteiger partial charge in [-0.3, -0.25) is 4.79 Å². The molecule has 14 heavy (non-hydrogen) atoms. The molecule has 0 unspecified atom stereocenters. The number of amides is 1. The van der Waals surface area contributed by atoms with Crippen molar-refractivity contribution in [2.45, 2.75) is 39.2 Å². The second kappa shape index (κ2) is 5.35. The Morgan fingerprint density at radius 1 is 1.50 bits per heavy atom. The second-order valence-corrected chi connectivity index (χ2v) is 4.51. The van der Waals surface area contributed by atoms with Gasteiger partial charge in [0.1, 0.15) is 0 Å². The van der Waals surface area contributed by atoms with Gasteiger partial charge in [0.15, 0.2) is 0 Å². The van der Waals surface area contributed by atoms with Crippen molar-refractivity contribution in [3.63, 3.8) is 0 Å². The minimum atomic E-state index is 0.191. The first-order valence-corrected chi connectivity index (χ1v) is 5.57. The molecule has 0 atom stereocenters. The van der Waals surface area contributed by atoms with Crippen molar-refractivity contribution in [2.24, 2.45) is 5.92 Å². The summed E-state index contributed by atoms with van der Waals surface area (Å²) in [7, 11) is 1.86. The SMILES string of the molecule is CC(C)N(C)C(=O)CNCCC1CC1.